The van der Waals surface area contributed by atoms with Gasteiger partial charge in [-0.25, -0.2) is 0 Å². The Labute approximate surface area is 68.5 Å². The molecule has 1 rings (SSSR count). The number of hydrogen-bond acceptors (Lipinski definition) is 3. The first kappa shape index (κ1) is 8.97. The molecule has 0 saturated carbocycles. The van der Waals surface area contributed by atoms with E-state index in [1.54, 1.807) is 0 Å². The molecule has 0 radical (unpaired) electrons. The van der Waals surface area contributed by atoms with E-state index in [1.807, 2.05) is 0 Å². The third-order valence-electron chi connectivity index (χ3n) is 1.79. The molecule has 66 valence electrons. The van der Waals surface area contributed by atoms with Gasteiger partial charge in [0.25, 0.3) is 0 Å². The van der Waals surface area contributed by atoms with Crippen LogP contribution in [0.2, 0.25) is 0 Å². The zero-order valence-corrected chi connectivity index (χ0v) is 7.39. The molecule has 1 aliphatic heterocycles. The molecule has 0 aliphatic carbocycles. The third kappa shape index (κ3) is 3.70. The van der Waals surface area contributed by atoms with Crippen molar-refractivity contribution >= 4 is 0 Å². The SMILES string of the molecule is CC(C)CCNNC1COC1. The molecule has 3 heteroatoms. The molecule has 0 atom stereocenters. The van der Waals surface area contributed by atoms with Gasteiger partial charge in [0, 0.05) is 6.54 Å². The summed E-state index contributed by atoms with van der Waals surface area (Å²) in [6, 6.07) is 0.544. The Hall–Kier alpha value is -0.120. The summed E-state index contributed by atoms with van der Waals surface area (Å²) in [4.78, 5) is 0. The van der Waals surface area contributed by atoms with E-state index < -0.39 is 0 Å². The molecule has 1 heterocycles. The average molecular weight is 158 g/mol. The Morgan fingerprint density at radius 3 is 2.64 bits per heavy atom. The lowest BCUT2D eigenvalue weighted by molar-refractivity contribution is -0.0113. The van der Waals surface area contributed by atoms with Gasteiger partial charge in [0.1, 0.15) is 0 Å². The zero-order chi connectivity index (χ0) is 8.10. The van der Waals surface area contributed by atoms with Crippen molar-refractivity contribution in [2.24, 2.45) is 5.92 Å². The van der Waals surface area contributed by atoms with Crippen molar-refractivity contribution in [3.63, 3.8) is 0 Å². The predicted octanol–water partition coefficient (Wildman–Crippen LogP) is 0.525. The largest absolute Gasteiger partial charge is 0.378 e. The molecule has 2 N–H and O–H groups in total. The van der Waals surface area contributed by atoms with Crippen LogP contribution < -0.4 is 10.9 Å². The van der Waals surface area contributed by atoms with Crippen LogP contribution in [0.1, 0.15) is 20.3 Å². The highest BCUT2D eigenvalue weighted by molar-refractivity contribution is 4.70. The first-order chi connectivity index (χ1) is 5.29. The van der Waals surface area contributed by atoms with E-state index in [2.05, 4.69) is 24.7 Å². The lowest BCUT2D eigenvalue weighted by atomic mass is 10.1. The molecular formula is C8H18N2O. The summed E-state index contributed by atoms with van der Waals surface area (Å²) in [5, 5.41) is 0. The Kier molecular flexibility index (Phi) is 3.83. The first-order valence-corrected chi connectivity index (χ1v) is 4.35. The minimum Gasteiger partial charge on any atom is -0.378 e. The number of ether oxygens (including phenoxy) is 1. The summed E-state index contributed by atoms with van der Waals surface area (Å²) in [7, 11) is 0. The normalized spacial score (nSPS) is 18.8. The van der Waals surface area contributed by atoms with E-state index in [0.717, 1.165) is 25.7 Å². The van der Waals surface area contributed by atoms with Crippen molar-refractivity contribution in [3.8, 4) is 0 Å². The van der Waals surface area contributed by atoms with Gasteiger partial charge in [-0.05, 0) is 12.3 Å². The molecule has 1 fully saturated rings. The van der Waals surface area contributed by atoms with Gasteiger partial charge in [-0.2, -0.15) is 0 Å². The van der Waals surface area contributed by atoms with E-state index in [1.165, 1.54) is 6.42 Å². The van der Waals surface area contributed by atoms with Crippen LogP contribution in [0.5, 0.6) is 0 Å². The Morgan fingerprint density at radius 1 is 1.45 bits per heavy atom. The Morgan fingerprint density at radius 2 is 2.18 bits per heavy atom. The van der Waals surface area contributed by atoms with Crippen LogP contribution >= 0.6 is 0 Å². The van der Waals surface area contributed by atoms with Gasteiger partial charge < -0.3 is 4.74 Å². The van der Waals surface area contributed by atoms with E-state index in [0.29, 0.717) is 6.04 Å². The van der Waals surface area contributed by atoms with E-state index in [-0.39, 0.29) is 0 Å². The van der Waals surface area contributed by atoms with Crippen molar-refractivity contribution in [3.05, 3.63) is 0 Å². The molecule has 1 saturated heterocycles. The quantitative estimate of drug-likeness (QED) is 0.452. The van der Waals surface area contributed by atoms with Gasteiger partial charge in [0.15, 0.2) is 0 Å². The second-order valence-electron chi connectivity index (χ2n) is 3.49. The minimum atomic E-state index is 0.544. The smallest absolute Gasteiger partial charge is 0.0680 e. The first-order valence-electron chi connectivity index (χ1n) is 4.35. The van der Waals surface area contributed by atoms with Crippen LogP contribution in [0.3, 0.4) is 0 Å². The highest BCUT2D eigenvalue weighted by Crippen LogP contribution is 1.98. The average Bonchev–Trinajstić information content (AvgIpc) is 1.82. The molecule has 0 amide bonds. The predicted molar refractivity (Wildman–Crippen MR) is 45.2 cm³/mol. The monoisotopic (exact) mass is 158 g/mol. The van der Waals surface area contributed by atoms with Gasteiger partial charge in [0.05, 0.1) is 19.3 Å². The number of hydrogen-bond donors (Lipinski definition) is 2. The molecule has 0 aromatic carbocycles. The molecule has 0 aromatic heterocycles. The molecular weight excluding hydrogens is 140 g/mol. The summed E-state index contributed by atoms with van der Waals surface area (Å²) in [6.45, 7) is 7.22. The fourth-order valence-corrected chi connectivity index (χ4v) is 0.896. The highest BCUT2D eigenvalue weighted by Gasteiger charge is 2.16. The topological polar surface area (TPSA) is 33.3 Å². The minimum absolute atomic E-state index is 0.544. The Balaban J connectivity index is 1.80. The van der Waals surface area contributed by atoms with E-state index in [4.69, 9.17) is 4.74 Å². The molecule has 0 bridgehead atoms. The van der Waals surface area contributed by atoms with Gasteiger partial charge in [-0.15, -0.1) is 0 Å². The zero-order valence-electron chi connectivity index (χ0n) is 7.39. The lowest BCUT2D eigenvalue weighted by Gasteiger charge is -2.27. The molecule has 1 aliphatic rings. The summed E-state index contributed by atoms with van der Waals surface area (Å²) in [5.74, 6) is 0.780. The summed E-state index contributed by atoms with van der Waals surface area (Å²) >= 11 is 0. The maximum absolute atomic E-state index is 5.01. The number of nitrogens with one attached hydrogen (secondary N) is 2. The lowest BCUT2D eigenvalue weighted by Crippen LogP contribution is -2.52. The van der Waals surface area contributed by atoms with Gasteiger partial charge in [-0.3, -0.25) is 10.9 Å². The van der Waals surface area contributed by atoms with Crippen LogP contribution in [0, 0.1) is 5.92 Å². The van der Waals surface area contributed by atoms with Crippen LogP contribution in [0.25, 0.3) is 0 Å². The molecule has 3 nitrogen and oxygen atoms in total. The van der Waals surface area contributed by atoms with Crippen molar-refractivity contribution in [2.45, 2.75) is 26.3 Å². The second kappa shape index (κ2) is 4.70. The van der Waals surface area contributed by atoms with Crippen LogP contribution in [0.15, 0.2) is 0 Å². The van der Waals surface area contributed by atoms with E-state index in [9.17, 15) is 0 Å². The molecule has 0 aromatic rings. The molecule has 0 unspecified atom stereocenters. The van der Waals surface area contributed by atoms with Gasteiger partial charge >= 0.3 is 0 Å². The summed E-state index contributed by atoms with van der Waals surface area (Å²) in [6.07, 6.45) is 1.22. The van der Waals surface area contributed by atoms with E-state index >= 15 is 0 Å². The second-order valence-corrected chi connectivity index (χ2v) is 3.49. The van der Waals surface area contributed by atoms with Crippen molar-refractivity contribution in [1.29, 1.82) is 0 Å². The fourth-order valence-electron chi connectivity index (χ4n) is 0.896. The summed E-state index contributed by atoms with van der Waals surface area (Å²) in [5.41, 5.74) is 6.39. The van der Waals surface area contributed by atoms with Crippen molar-refractivity contribution < 1.29 is 4.74 Å². The Bertz CT molecular complexity index is 102. The van der Waals surface area contributed by atoms with Crippen LogP contribution in [-0.4, -0.2) is 25.8 Å². The highest BCUT2D eigenvalue weighted by atomic mass is 16.5. The van der Waals surface area contributed by atoms with Crippen LogP contribution in [0.4, 0.5) is 0 Å². The number of rotatable bonds is 5. The standard InChI is InChI=1S/C8H18N2O/c1-7(2)3-4-9-10-8-5-11-6-8/h7-10H,3-6H2,1-2H3. The maximum Gasteiger partial charge on any atom is 0.0680 e. The maximum atomic E-state index is 5.01. The number of hydrazine groups is 1. The molecule has 11 heavy (non-hydrogen) atoms. The van der Waals surface area contributed by atoms with Gasteiger partial charge in [-0.1, -0.05) is 13.8 Å². The third-order valence-corrected chi connectivity index (χ3v) is 1.79. The van der Waals surface area contributed by atoms with Crippen molar-refractivity contribution in [2.75, 3.05) is 19.8 Å². The fraction of sp³-hybridized carbons (Fsp3) is 1.00. The van der Waals surface area contributed by atoms with Crippen molar-refractivity contribution in [1.82, 2.24) is 10.9 Å². The molecule has 0 spiro atoms. The van der Waals surface area contributed by atoms with Crippen LogP contribution in [-0.2, 0) is 4.74 Å². The summed E-state index contributed by atoms with van der Waals surface area (Å²) < 4.78 is 5.01. The van der Waals surface area contributed by atoms with Gasteiger partial charge in [0.2, 0.25) is 0 Å².